The van der Waals surface area contributed by atoms with Crippen molar-refractivity contribution in [3.8, 4) is 17.6 Å². The fourth-order valence-corrected chi connectivity index (χ4v) is 1.23. The van der Waals surface area contributed by atoms with E-state index in [4.69, 9.17) is 14.7 Å². The molecule has 0 N–H and O–H groups in total. The number of hydrogen-bond donors (Lipinski definition) is 0. The summed E-state index contributed by atoms with van der Waals surface area (Å²) in [5, 5.41) is 8.27. The minimum Gasteiger partial charge on any atom is -0.454 e. The quantitative estimate of drug-likeness (QED) is 0.537. The van der Waals surface area contributed by atoms with E-state index >= 15 is 0 Å². The first-order chi connectivity index (χ1) is 7.29. The summed E-state index contributed by atoms with van der Waals surface area (Å²) in [7, 11) is 0. The van der Waals surface area contributed by atoms with E-state index in [1.807, 2.05) is 0 Å². The Morgan fingerprint density at radius 3 is 3.00 bits per heavy atom. The van der Waals surface area contributed by atoms with Gasteiger partial charge in [-0.05, 0) is 23.8 Å². The predicted octanol–water partition coefficient (Wildman–Crippen LogP) is 1.52. The van der Waals surface area contributed by atoms with Crippen LogP contribution < -0.4 is 9.47 Å². The maximum Gasteiger partial charge on any atom is 0.255 e. The van der Waals surface area contributed by atoms with Gasteiger partial charge in [0.05, 0.1) is 0 Å². The van der Waals surface area contributed by atoms with Crippen molar-refractivity contribution in [2.75, 3.05) is 6.79 Å². The minimum atomic E-state index is -0.576. The van der Waals surface area contributed by atoms with Gasteiger partial charge in [0.2, 0.25) is 6.79 Å². The zero-order valence-electron chi connectivity index (χ0n) is 7.77. The third kappa shape index (κ3) is 1.97. The molecule has 1 aromatic rings. The first-order valence-electron chi connectivity index (χ1n) is 4.31. The molecule has 1 aromatic carbocycles. The summed E-state index contributed by atoms with van der Waals surface area (Å²) in [6.45, 7) is 0.222. The van der Waals surface area contributed by atoms with Crippen LogP contribution >= 0.6 is 0 Å². The third-order valence-corrected chi connectivity index (χ3v) is 1.93. The van der Waals surface area contributed by atoms with Gasteiger partial charge in [0.15, 0.2) is 11.5 Å². The number of carbonyl (C=O) groups excluding carboxylic acids is 1. The second kappa shape index (κ2) is 3.84. The Morgan fingerprint density at radius 1 is 1.40 bits per heavy atom. The molecule has 0 atom stereocenters. The highest BCUT2D eigenvalue weighted by molar-refractivity contribution is 6.04. The van der Waals surface area contributed by atoms with Crippen molar-refractivity contribution in [2.24, 2.45) is 0 Å². The Labute approximate surface area is 86.3 Å². The lowest BCUT2D eigenvalue weighted by Crippen LogP contribution is -1.92. The van der Waals surface area contributed by atoms with Crippen molar-refractivity contribution >= 4 is 11.9 Å². The zero-order valence-corrected chi connectivity index (χ0v) is 7.77. The average Bonchev–Trinajstić information content (AvgIpc) is 2.72. The first kappa shape index (κ1) is 9.28. The van der Waals surface area contributed by atoms with Crippen LogP contribution in [0, 0.1) is 11.3 Å². The van der Waals surface area contributed by atoms with Gasteiger partial charge < -0.3 is 9.47 Å². The van der Waals surface area contributed by atoms with E-state index in [9.17, 15) is 4.79 Å². The molecule has 0 fully saturated rings. The molecule has 1 heterocycles. The molecule has 4 heteroatoms. The van der Waals surface area contributed by atoms with Gasteiger partial charge in [-0.25, -0.2) is 0 Å². The lowest BCUT2D eigenvalue weighted by molar-refractivity contribution is -0.109. The summed E-state index contributed by atoms with van der Waals surface area (Å²) in [6.07, 6.45) is 2.78. The van der Waals surface area contributed by atoms with Crippen LogP contribution in [0.25, 0.3) is 6.08 Å². The largest absolute Gasteiger partial charge is 0.454 e. The molecule has 0 bridgehead atoms. The smallest absolute Gasteiger partial charge is 0.255 e. The number of fused-ring (bicyclic) bond motifs is 1. The molecular formula is C11H7NO3. The molecule has 0 aliphatic carbocycles. The molecule has 4 nitrogen and oxygen atoms in total. The van der Waals surface area contributed by atoms with Crippen LogP contribution in [0.3, 0.4) is 0 Å². The maximum absolute atomic E-state index is 10.7. The van der Waals surface area contributed by atoms with E-state index in [-0.39, 0.29) is 6.79 Å². The molecule has 0 spiro atoms. The van der Waals surface area contributed by atoms with E-state index in [1.54, 1.807) is 24.3 Å². The number of allylic oxidation sites excluding steroid dienone is 1. The molecule has 0 aromatic heterocycles. The third-order valence-electron chi connectivity index (χ3n) is 1.93. The fraction of sp³-hybridized carbons (Fsp3) is 0.0909. The van der Waals surface area contributed by atoms with Crippen LogP contribution in [-0.4, -0.2) is 12.6 Å². The molecule has 1 aliphatic heterocycles. The van der Waals surface area contributed by atoms with Crippen LogP contribution in [0.1, 0.15) is 5.56 Å². The predicted molar refractivity (Wildman–Crippen MR) is 52.2 cm³/mol. The van der Waals surface area contributed by atoms with Crippen molar-refractivity contribution in [3.05, 3.63) is 29.8 Å². The van der Waals surface area contributed by atoms with Gasteiger partial charge >= 0.3 is 0 Å². The number of ketones is 1. The number of rotatable bonds is 2. The van der Waals surface area contributed by atoms with Crippen molar-refractivity contribution < 1.29 is 14.3 Å². The van der Waals surface area contributed by atoms with Crippen molar-refractivity contribution in [2.45, 2.75) is 0 Å². The van der Waals surface area contributed by atoms with Gasteiger partial charge in [-0.15, -0.1) is 0 Å². The molecule has 2 rings (SSSR count). The molecule has 0 radical (unpaired) electrons. The molecule has 74 valence electrons. The van der Waals surface area contributed by atoms with Gasteiger partial charge in [0.25, 0.3) is 5.78 Å². The Morgan fingerprint density at radius 2 is 2.20 bits per heavy atom. The average molecular weight is 201 g/mol. The van der Waals surface area contributed by atoms with Crippen molar-refractivity contribution in [1.29, 1.82) is 5.26 Å². The zero-order chi connectivity index (χ0) is 10.7. The number of benzene rings is 1. The fourth-order valence-electron chi connectivity index (χ4n) is 1.23. The molecule has 0 saturated carbocycles. The molecule has 0 unspecified atom stereocenters. The summed E-state index contributed by atoms with van der Waals surface area (Å²) in [6, 6.07) is 6.81. The summed E-state index contributed by atoms with van der Waals surface area (Å²) < 4.78 is 10.3. The number of carbonyl (C=O) groups is 1. The molecule has 1 aliphatic rings. The van der Waals surface area contributed by atoms with Crippen LogP contribution in [0.15, 0.2) is 24.3 Å². The number of hydrogen-bond acceptors (Lipinski definition) is 4. The number of nitriles is 1. The second-order valence-electron chi connectivity index (χ2n) is 2.92. The van der Waals surface area contributed by atoms with Crippen LogP contribution in [0.2, 0.25) is 0 Å². The standard InChI is InChI=1S/C11H7NO3/c12-6-9(13)3-1-8-2-4-10-11(5-8)15-7-14-10/h1-5H,7H2/b3-1+. The molecule has 0 amide bonds. The van der Waals surface area contributed by atoms with Crippen LogP contribution in [-0.2, 0) is 4.79 Å². The van der Waals surface area contributed by atoms with Crippen LogP contribution in [0.4, 0.5) is 0 Å². The van der Waals surface area contributed by atoms with Gasteiger partial charge in [0, 0.05) is 0 Å². The number of ether oxygens (including phenoxy) is 2. The molecule has 15 heavy (non-hydrogen) atoms. The number of nitrogens with zero attached hydrogens (tertiary/aromatic N) is 1. The summed E-state index contributed by atoms with van der Waals surface area (Å²) in [4.78, 5) is 10.7. The van der Waals surface area contributed by atoms with E-state index < -0.39 is 5.78 Å². The Kier molecular flexibility index (Phi) is 2.38. The summed E-state index contributed by atoms with van der Waals surface area (Å²) >= 11 is 0. The monoisotopic (exact) mass is 201 g/mol. The Bertz CT molecular complexity index is 471. The highest BCUT2D eigenvalue weighted by Gasteiger charge is 2.12. The van der Waals surface area contributed by atoms with Gasteiger partial charge in [-0.2, -0.15) is 5.26 Å². The first-order valence-corrected chi connectivity index (χ1v) is 4.31. The summed E-state index contributed by atoms with van der Waals surface area (Å²) in [5.74, 6) is 0.771. The van der Waals surface area contributed by atoms with Gasteiger partial charge in [-0.1, -0.05) is 12.1 Å². The lowest BCUT2D eigenvalue weighted by Gasteiger charge is -1.96. The van der Waals surface area contributed by atoms with E-state index in [1.165, 1.54) is 12.1 Å². The van der Waals surface area contributed by atoms with E-state index in [2.05, 4.69) is 0 Å². The second-order valence-corrected chi connectivity index (χ2v) is 2.92. The highest BCUT2D eigenvalue weighted by Crippen LogP contribution is 2.32. The maximum atomic E-state index is 10.7. The molecular weight excluding hydrogens is 194 g/mol. The van der Waals surface area contributed by atoms with E-state index in [0.29, 0.717) is 11.5 Å². The normalized spacial score (nSPS) is 12.7. The molecule has 0 saturated heterocycles. The Hall–Kier alpha value is -2.28. The SMILES string of the molecule is N#CC(=O)/C=C/c1ccc2c(c1)OCO2. The highest BCUT2D eigenvalue weighted by atomic mass is 16.7. The van der Waals surface area contributed by atoms with E-state index in [0.717, 1.165) is 5.56 Å². The van der Waals surface area contributed by atoms with Crippen molar-refractivity contribution in [3.63, 3.8) is 0 Å². The minimum absolute atomic E-state index is 0.222. The Balaban J connectivity index is 2.21. The lowest BCUT2D eigenvalue weighted by atomic mass is 10.2. The van der Waals surface area contributed by atoms with Gasteiger partial charge in [-0.3, -0.25) is 4.79 Å². The topological polar surface area (TPSA) is 59.3 Å². The summed E-state index contributed by atoms with van der Waals surface area (Å²) in [5.41, 5.74) is 0.794. The van der Waals surface area contributed by atoms with Gasteiger partial charge in [0.1, 0.15) is 6.07 Å². The van der Waals surface area contributed by atoms with Crippen LogP contribution in [0.5, 0.6) is 11.5 Å². The van der Waals surface area contributed by atoms with Crippen molar-refractivity contribution in [1.82, 2.24) is 0 Å².